The zero-order chi connectivity index (χ0) is 10.6. The lowest BCUT2D eigenvalue weighted by atomic mass is 10.2. The molecule has 5 heteroatoms. The first-order valence-corrected chi connectivity index (χ1v) is 3.87. The second kappa shape index (κ2) is 4.35. The van der Waals surface area contributed by atoms with Crippen LogP contribution in [0.25, 0.3) is 0 Å². The van der Waals surface area contributed by atoms with Crippen molar-refractivity contribution in [1.29, 1.82) is 5.26 Å². The maximum Gasteiger partial charge on any atom is 0.238 e. The van der Waals surface area contributed by atoms with Crippen molar-refractivity contribution in [1.82, 2.24) is 0 Å². The predicted molar refractivity (Wildman–Crippen MR) is 48.8 cm³/mol. The molecule has 0 bridgehead atoms. The Labute approximate surface area is 80.1 Å². The highest BCUT2D eigenvalue weighted by Gasteiger charge is 2.05. The van der Waals surface area contributed by atoms with E-state index in [0.717, 1.165) is 6.07 Å². The molecule has 0 unspecified atom stereocenters. The Balaban J connectivity index is 2.90. The first kappa shape index (κ1) is 10.2. The Bertz CT molecular complexity index is 398. The van der Waals surface area contributed by atoms with Crippen LogP contribution in [0.5, 0.6) is 0 Å². The Morgan fingerprint density at radius 2 is 2.36 bits per heavy atom. The lowest BCUT2D eigenvalue weighted by molar-refractivity contribution is -0.114. The molecule has 72 valence electrons. The number of hydrogen-bond acceptors (Lipinski definition) is 3. The van der Waals surface area contributed by atoms with Crippen LogP contribution in [0.1, 0.15) is 5.56 Å². The number of nitriles is 1. The first-order chi connectivity index (χ1) is 6.67. The largest absolute Gasteiger partial charge is 0.322 e. The number of nitrogens with two attached hydrogens (primary N) is 1. The molecule has 3 N–H and O–H groups in total. The maximum atomic E-state index is 13.1. The summed E-state index contributed by atoms with van der Waals surface area (Å²) in [6.07, 6.45) is 0. The number of halogens is 1. The molecule has 0 heterocycles. The molecule has 0 aliphatic carbocycles. The van der Waals surface area contributed by atoms with Crippen LogP contribution < -0.4 is 11.1 Å². The van der Waals surface area contributed by atoms with Gasteiger partial charge in [0.1, 0.15) is 5.82 Å². The Morgan fingerprint density at radius 3 is 2.86 bits per heavy atom. The van der Waals surface area contributed by atoms with Crippen molar-refractivity contribution >= 4 is 11.6 Å². The van der Waals surface area contributed by atoms with Gasteiger partial charge in [-0.05, 0) is 18.2 Å². The van der Waals surface area contributed by atoms with Gasteiger partial charge in [0.05, 0.1) is 23.9 Å². The number of rotatable bonds is 2. The fourth-order valence-corrected chi connectivity index (χ4v) is 0.887. The van der Waals surface area contributed by atoms with Crippen molar-refractivity contribution < 1.29 is 9.18 Å². The maximum absolute atomic E-state index is 13.1. The quantitative estimate of drug-likeness (QED) is 0.721. The normalized spacial score (nSPS) is 9.21. The minimum Gasteiger partial charge on any atom is -0.322 e. The number of nitrogens with zero attached hydrogens (tertiary/aromatic N) is 1. The number of benzene rings is 1. The molecule has 0 fully saturated rings. The van der Waals surface area contributed by atoms with Gasteiger partial charge >= 0.3 is 0 Å². The molecule has 1 rings (SSSR count). The van der Waals surface area contributed by atoms with Gasteiger partial charge in [-0.1, -0.05) is 0 Å². The molecule has 1 aromatic carbocycles. The van der Waals surface area contributed by atoms with Crippen LogP contribution in [0.2, 0.25) is 0 Å². The molecule has 0 radical (unpaired) electrons. The third-order valence-electron chi connectivity index (χ3n) is 1.56. The number of hydrogen-bond donors (Lipinski definition) is 2. The highest BCUT2D eigenvalue weighted by Crippen LogP contribution is 2.14. The van der Waals surface area contributed by atoms with Crippen LogP contribution in [-0.2, 0) is 4.79 Å². The van der Waals surface area contributed by atoms with Crippen molar-refractivity contribution in [3.63, 3.8) is 0 Å². The van der Waals surface area contributed by atoms with Gasteiger partial charge in [0.15, 0.2) is 0 Å². The highest BCUT2D eigenvalue weighted by molar-refractivity contribution is 5.92. The third kappa shape index (κ3) is 2.28. The Kier molecular flexibility index (Phi) is 3.15. The van der Waals surface area contributed by atoms with E-state index < -0.39 is 11.7 Å². The molecule has 0 saturated carbocycles. The van der Waals surface area contributed by atoms with Crippen LogP contribution in [-0.4, -0.2) is 12.5 Å². The molecule has 1 amide bonds. The topological polar surface area (TPSA) is 78.9 Å². The van der Waals surface area contributed by atoms with Crippen molar-refractivity contribution in [3.05, 3.63) is 29.6 Å². The van der Waals surface area contributed by atoms with Crippen molar-refractivity contribution in [2.24, 2.45) is 5.73 Å². The van der Waals surface area contributed by atoms with E-state index in [0.29, 0.717) is 0 Å². The third-order valence-corrected chi connectivity index (χ3v) is 1.56. The van der Waals surface area contributed by atoms with E-state index in [1.54, 1.807) is 6.07 Å². The number of nitrogens with one attached hydrogen (secondary N) is 1. The van der Waals surface area contributed by atoms with Crippen LogP contribution >= 0.6 is 0 Å². The predicted octanol–water partition coefficient (Wildman–Crippen LogP) is 0.595. The molecular weight excluding hydrogens is 185 g/mol. The van der Waals surface area contributed by atoms with Crippen molar-refractivity contribution in [2.75, 3.05) is 11.9 Å². The monoisotopic (exact) mass is 193 g/mol. The van der Waals surface area contributed by atoms with Gasteiger partial charge in [-0.25, -0.2) is 4.39 Å². The molecular formula is C9H8FN3O. The molecule has 0 saturated heterocycles. The van der Waals surface area contributed by atoms with Gasteiger partial charge < -0.3 is 11.1 Å². The second-order valence-corrected chi connectivity index (χ2v) is 2.56. The van der Waals surface area contributed by atoms with Gasteiger partial charge in [0.2, 0.25) is 5.91 Å². The molecule has 1 aromatic rings. The Morgan fingerprint density at radius 1 is 1.64 bits per heavy atom. The van der Waals surface area contributed by atoms with Gasteiger partial charge in [0.25, 0.3) is 0 Å². The summed E-state index contributed by atoms with van der Waals surface area (Å²) in [4.78, 5) is 10.8. The van der Waals surface area contributed by atoms with Gasteiger partial charge in [-0.15, -0.1) is 0 Å². The van der Waals surface area contributed by atoms with Crippen LogP contribution in [0.15, 0.2) is 18.2 Å². The fraction of sp³-hybridized carbons (Fsp3) is 0.111. The summed E-state index contributed by atoms with van der Waals surface area (Å²) in [7, 11) is 0. The summed E-state index contributed by atoms with van der Waals surface area (Å²) in [5.74, 6) is -1.13. The summed E-state index contributed by atoms with van der Waals surface area (Å²) in [6.45, 7) is -0.209. The van der Waals surface area contributed by atoms with E-state index in [9.17, 15) is 9.18 Å². The van der Waals surface area contributed by atoms with Gasteiger partial charge in [-0.2, -0.15) is 5.26 Å². The average Bonchev–Trinajstić information content (AvgIpc) is 2.20. The number of carbonyl (C=O) groups excluding carboxylic acids is 1. The molecule has 0 aromatic heterocycles. The summed E-state index contributed by atoms with van der Waals surface area (Å²) < 4.78 is 13.1. The highest BCUT2D eigenvalue weighted by atomic mass is 19.1. The zero-order valence-corrected chi connectivity index (χ0v) is 7.25. The molecule has 0 aliphatic rings. The SMILES string of the molecule is N#Cc1ccc(NC(=O)CN)c(F)c1. The van der Waals surface area contributed by atoms with Crippen LogP contribution in [0.4, 0.5) is 10.1 Å². The van der Waals surface area contributed by atoms with Crippen LogP contribution in [0, 0.1) is 17.1 Å². The zero-order valence-electron chi connectivity index (χ0n) is 7.25. The minimum absolute atomic E-state index is 0.0273. The smallest absolute Gasteiger partial charge is 0.238 e. The van der Waals surface area contributed by atoms with E-state index in [2.05, 4.69) is 5.32 Å². The van der Waals surface area contributed by atoms with E-state index in [1.165, 1.54) is 12.1 Å². The average molecular weight is 193 g/mol. The van der Waals surface area contributed by atoms with Gasteiger partial charge in [0, 0.05) is 0 Å². The van der Waals surface area contributed by atoms with Crippen molar-refractivity contribution in [2.45, 2.75) is 0 Å². The molecule has 4 nitrogen and oxygen atoms in total. The van der Waals surface area contributed by atoms with E-state index in [-0.39, 0.29) is 17.8 Å². The van der Waals surface area contributed by atoms with E-state index in [4.69, 9.17) is 11.0 Å². The van der Waals surface area contributed by atoms with E-state index in [1.807, 2.05) is 0 Å². The number of anilines is 1. The number of amides is 1. The number of carbonyl (C=O) groups is 1. The molecule has 0 aliphatic heterocycles. The molecule has 0 atom stereocenters. The summed E-state index contributed by atoms with van der Waals surface area (Å²) in [6, 6.07) is 5.57. The van der Waals surface area contributed by atoms with E-state index >= 15 is 0 Å². The minimum atomic E-state index is -0.647. The standard InChI is InChI=1S/C9H8FN3O/c10-7-3-6(4-11)1-2-8(7)13-9(14)5-12/h1-3H,5,12H2,(H,13,14). The lowest BCUT2D eigenvalue weighted by Crippen LogP contribution is -2.22. The molecule has 0 spiro atoms. The van der Waals surface area contributed by atoms with Crippen molar-refractivity contribution in [3.8, 4) is 6.07 Å². The summed E-state index contributed by atoms with van der Waals surface area (Å²) >= 11 is 0. The summed E-state index contributed by atoms with van der Waals surface area (Å²) in [5, 5.41) is 10.7. The van der Waals surface area contributed by atoms with Crippen LogP contribution in [0.3, 0.4) is 0 Å². The lowest BCUT2D eigenvalue weighted by Gasteiger charge is -2.04. The van der Waals surface area contributed by atoms with Gasteiger partial charge in [-0.3, -0.25) is 4.79 Å². The molecule has 14 heavy (non-hydrogen) atoms. The summed E-state index contributed by atoms with van der Waals surface area (Å²) in [5.41, 5.74) is 5.27. The Hall–Kier alpha value is -1.93. The second-order valence-electron chi connectivity index (χ2n) is 2.56. The first-order valence-electron chi connectivity index (χ1n) is 3.87. The fourth-order valence-electron chi connectivity index (χ4n) is 0.887.